The molecule has 50 heavy (non-hydrogen) atoms. The first kappa shape index (κ1) is 47.9. The normalized spacial score (nSPS) is 12.7. The Morgan fingerprint density at radius 1 is 0.460 bits per heavy atom. The zero-order valence-corrected chi connectivity index (χ0v) is 33.2. The number of carboxylic acids is 1. The lowest BCUT2D eigenvalue weighted by atomic mass is 10.0. The number of carbonyl (C=O) groups excluding carboxylic acids is 1. The molecule has 0 aromatic heterocycles. The molecule has 1 unspecified atom stereocenters. The number of carbonyl (C=O) groups is 2. The lowest BCUT2D eigenvalue weighted by molar-refractivity contribution is -0.150. The maximum absolute atomic E-state index is 12.7. The largest absolute Gasteiger partial charge is 0.481 e. The number of unbranched alkanes of at least 4 members (excludes halogenated alkanes) is 22. The Bertz CT molecular complexity index is 839. The summed E-state index contributed by atoms with van der Waals surface area (Å²) in [7, 11) is 0. The molecule has 0 saturated carbocycles. The maximum Gasteiger partial charge on any atom is 0.306 e. The molecule has 0 bridgehead atoms. The molecule has 0 aliphatic carbocycles. The van der Waals surface area contributed by atoms with Crippen molar-refractivity contribution in [3.05, 3.63) is 48.6 Å². The predicted octanol–water partition coefficient (Wildman–Crippen LogP) is 15.1. The third-order valence-corrected chi connectivity index (χ3v) is 9.53. The standard InChI is InChI=1S/C46H82O4/c1-3-5-7-9-11-13-15-17-19-20-22-24-26-28-30-35-39-43-46(49)50-44(41-37-33-31-34-38-42-45(47)48)40-36-32-29-27-25-23-21-18-16-14-12-10-8-6-4-2/h5,7,11,13,17,19,23,25,44H,3-4,6,8-10,12,14-16,18,20-22,24,26-43H2,1-2H3,(H,47,48)/b7-5-,13-11-,19-17-,25-23-. The zero-order valence-electron chi connectivity index (χ0n) is 33.2. The molecule has 1 N–H and O–H groups in total. The van der Waals surface area contributed by atoms with Crippen LogP contribution in [0.4, 0.5) is 0 Å². The van der Waals surface area contributed by atoms with Crippen molar-refractivity contribution >= 4 is 11.9 Å². The first-order chi connectivity index (χ1) is 24.6. The maximum atomic E-state index is 12.7. The van der Waals surface area contributed by atoms with Gasteiger partial charge in [-0.3, -0.25) is 9.59 Å². The highest BCUT2D eigenvalue weighted by Gasteiger charge is 2.14. The number of rotatable bonds is 39. The summed E-state index contributed by atoms with van der Waals surface area (Å²) in [4.78, 5) is 23.5. The smallest absolute Gasteiger partial charge is 0.306 e. The fourth-order valence-electron chi connectivity index (χ4n) is 6.37. The molecule has 0 aliphatic heterocycles. The van der Waals surface area contributed by atoms with Crippen molar-refractivity contribution in [3.8, 4) is 0 Å². The summed E-state index contributed by atoms with van der Waals surface area (Å²) < 4.78 is 6.01. The highest BCUT2D eigenvalue weighted by molar-refractivity contribution is 5.69. The van der Waals surface area contributed by atoms with E-state index in [1.165, 1.54) is 109 Å². The van der Waals surface area contributed by atoms with Gasteiger partial charge in [-0.2, -0.15) is 0 Å². The lowest BCUT2D eigenvalue weighted by Crippen LogP contribution is -2.18. The van der Waals surface area contributed by atoms with E-state index in [-0.39, 0.29) is 18.5 Å². The summed E-state index contributed by atoms with van der Waals surface area (Å²) in [6.45, 7) is 4.44. The molecule has 0 saturated heterocycles. The van der Waals surface area contributed by atoms with Crippen LogP contribution in [-0.2, 0) is 14.3 Å². The summed E-state index contributed by atoms with van der Waals surface area (Å²) in [5.41, 5.74) is 0. The highest BCUT2D eigenvalue weighted by Crippen LogP contribution is 2.18. The Labute approximate surface area is 311 Å². The molecule has 0 radical (unpaired) electrons. The van der Waals surface area contributed by atoms with E-state index in [0.29, 0.717) is 6.42 Å². The third-order valence-electron chi connectivity index (χ3n) is 9.53. The van der Waals surface area contributed by atoms with Gasteiger partial charge in [0.25, 0.3) is 0 Å². The van der Waals surface area contributed by atoms with Crippen LogP contribution >= 0.6 is 0 Å². The second kappa shape index (κ2) is 41.3. The third kappa shape index (κ3) is 40.3. The van der Waals surface area contributed by atoms with E-state index in [0.717, 1.165) is 89.9 Å². The quantitative estimate of drug-likeness (QED) is 0.0394. The van der Waals surface area contributed by atoms with Gasteiger partial charge in [0.05, 0.1) is 0 Å². The van der Waals surface area contributed by atoms with Gasteiger partial charge < -0.3 is 9.84 Å². The first-order valence-corrected chi connectivity index (χ1v) is 21.6. The van der Waals surface area contributed by atoms with Crippen molar-refractivity contribution in [2.75, 3.05) is 0 Å². The minimum Gasteiger partial charge on any atom is -0.481 e. The molecule has 290 valence electrons. The second-order valence-corrected chi connectivity index (χ2v) is 14.5. The van der Waals surface area contributed by atoms with Crippen molar-refractivity contribution in [3.63, 3.8) is 0 Å². The molecule has 0 spiro atoms. The van der Waals surface area contributed by atoms with Gasteiger partial charge in [-0.25, -0.2) is 0 Å². The number of hydrogen-bond acceptors (Lipinski definition) is 3. The van der Waals surface area contributed by atoms with Crippen molar-refractivity contribution in [2.24, 2.45) is 0 Å². The average Bonchev–Trinajstić information content (AvgIpc) is 3.10. The lowest BCUT2D eigenvalue weighted by Gasteiger charge is -2.18. The van der Waals surface area contributed by atoms with Gasteiger partial charge in [0, 0.05) is 12.8 Å². The molecule has 1 atom stereocenters. The first-order valence-electron chi connectivity index (χ1n) is 21.6. The Hall–Kier alpha value is -2.10. The molecule has 0 aromatic carbocycles. The van der Waals surface area contributed by atoms with Crippen LogP contribution in [0.5, 0.6) is 0 Å². The molecule has 0 aromatic rings. The molecule has 0 rings (SSSR count). The highest BCUT2D eigenvalue weighted by atomic mass is 16.5. The minimum atomic E-state index is -0.704. The van der Waals surface area contributed by atoms with E-state index in [4.69, 9.17) is 9.84 Å². The Morgan fingerprint density at radius 2 is 0.840 bits per heavy atom. The summed E-state index contributed by atoms with van der Waals surface area (Å²) in [5.74, 6) is -0.718. The second-order valence-electron chi connectivity index (χ2n) is 14.5. The minimum absolute atomic E-state index is 0.0144. The van der Waals surface area contributed by atoms with Gasteiger partial charge in [0.15, 0.2) is 0 Å². The molecule has 0 fully saturated rings. The van der Waals surface area contributed by atoms with E-state index in [1.54, 1.807) is 0 Å². The molecule has 4 nitrogen and oxygen atoms in total. The Balaban J connectivity index is 4.07. The van der Waals surface area contributed by atoms with E-state index in [1.807, 2.05) is 0 Å². The number of allylic oxidation sites excluding steroid dienone is 8. The molecule has 4 heteroatoms. The van der Waals surface area contributed by atoms with E-state index < -0.39 is 5.97 Å². The van der Waals surface area contributed by atoms with E-state index in [2.05, 4.69) is 62.5 Å². The van der Waals surface area contributed by atoms with Crippen molar-refractivity contribution < 1.29 is 19.4 Å². The van der Waals surface area contributed by atoms with Gasteiger partial charge in [-0.15, -0.1) is 0 Å². The Kier molecular flexibility index (Phi) is 39.6. The number of hydrogen-bond donors (Lipinski definition) is 1. The van der Waals surface area contributed by atoms with Gasteiger partial charge in [0.1, 0.15) is 6.10 Å². The number of esters is 1. The van der Waals surface area contributed by atoms with Crippen LogP contribution in [0.3, 0.4) is 0 Å². The zero-order chi connectivity index (χ0) is 36.4. The number of aliphatic carboxylic acids is 1. The van der Waals surface area contributed by atoms with Gasteiger partial charge in [-0.05, 0) is 96.3 Å². The fraction of sp³-hybridized carbons (Fsp3) is 0.783. The van der Waals surface area contributed by atoms with Crippen molar-refractivity contribution in [2.45, 2.75) is 232 Å². The topological polar surface area (TPSA) is 63.6 Å². The van der Waals surface area contributed by atoms with E-state index >= 15 is 0 Å². The summed E-state index contributed by atoms with van der Waals surface area (Å²) in [6, 6.07) is 0. The van der Waals surface area contributed by atoms with Crippen LogP contribution < -0.4 is 0 Å². The summed E-state index contributed by atoms with van der Waals surface area (Å²) >= 11 is 0. The molecular formula is C46H82O4. The monoisotopic (exact) mass is 699 g/mol. The SMILES string of the molecule is CC/C=C\C/C=C\C/C=C\CCCCCCCCCC(=O)OC(CCCCC/C=C\CCCCCCCCCC)CCCCCCCC(=O)O. The average molecular weight is 699 g/mol. The molecule has 0 aliphatic rings. The molecular weight excluding hydrogens is 617 g/mol. The van der Waals surface area contributed by atoms with Crippen molar-refractivity contribution in [1.29, 1.82) is 0 Å². The summed E-state index contributed by atoms with van der Waals surface area (Å²) in [5, 5.41) is 8.84. The Morgan fingerprint density at radius 3 is 1.34 bits per heavy atom. The number of ether oxygens (including phenoxy) is 1. The fourth-order valence-corrected chi connectivity index (χ4v) is 6.37. The molecule has 0 amide bonds. The van der Waals surface area contributed by atoms with E-state index in [9.17, 15) is 9.59 Å². The van der Waals surface area contributed by atoms with Crippen LogP contribution in [0.15, 0.2) is 48.6 Å². The van der Waals surface area contributed by atoms with Crippen LogP contribution in [0, 0.1) is 0 Å². The van der Waals surface area contributed by atoms with Gasteiger partial charge in [0.2, 0.25) is 0 Å². The number of carboxylic acid groups (broad SMARTS) is 1. The van der Waals surface area contributed by atoms with Gasteiger partial charge in [-0.1, -0.05) is 165 Å². The molecule has 0 heterocycles. The predicted molar refractivity (Wildman–Crippen MR) is 218 cm³/mol. The van der Waals surface area contributed by atoms with Crippen molar-refractivity contribution in [1.82, 2.24) is 0 Å². The van der Waals surface area contributed by atoms with Crippen LogP contribution in [0.25, 0.3) is 0 Å². The van der Waals surface area contributed by atoms with Crippen LogP contribution in [0.2, 0.25) is 0 Å². The summed E-state index contributed by atoms with van der Waals surface area (Å²) in [6.07, 6.45) is 55.6. The van der Waals surface area contributed by atoms with Crippen LogP contribution in [0.1, 0.15) is 226 Å². The van der Waals surface area contributed by atoms with Crippen LogP contribution in [-0.4, -0.2) is 23.1 Å². The van der Waals surface area contributed by atoms with Gasteiger partial charge >= 0.3 is 11.9 Å².